The van der Waals surface area contributed by atoms with Gasteiger partial charge in [0.2, 0.25) is 5.91 Å². The molecule has 0 spiro atoms. The molecule has 1 N–H and O–H groups in total. The first-order valence-electron chi connectivity index (χ1n) is 9.51. The van der Waals surface area contributed by atoms with Gasteiger partial charge in [0.25, 0.3) is 0 Å². The van der Waals surface area contributed by atoms with Crippen LogP contribution in [-0.4, -0.2) is 54.0 Å². The fourth-order valence-electron chi connectivity index (χ4n) is 3.90. The highest BCUT2D eigenvalue weighted by molar-refractivity contribution is 5.79. The van der Waals surface area contributed by atoms with Gasteiger partial charge in [0.1, 0.15) is 11.4 Å². The van der Waals surface area contributed by atoms with E-state index in [9.17, 15) is 14.4 Å². The van der Waals surface area contributed by atoms with E-state index >= 15 is 0 Å². The average Bonchev–Trinajstić information content (AvgIpc) is 2.66. The first-order valence-corrected chi connectivity index (χ1v) is 9.51. The molecule has 140 valence electrons. The third-order valence-corrected chi connectivity index (χ3v) is 5.48. The van der Waals surface area contributed by atoms with Gasteiger partial charge in [-0.1, -0.05) is 37.5 Å². The number of benzene rings is 1. The van der Waals surface area contributed by atoms with Crippen LogP contribution < -0.4 is 5.32 Å². The number of carbonyl (C=O) groups is 1. The van der Waals surface area contributed by atoms with E-state index in [1.54, 1.807) is 6.07 Å². The lowest BCUT2D eigenvalue weighted by atomic mass is 9.83. The van der Waals surface area contributed by atoms with Gasteiger partial charge >= 0.3 is 0 Å². The van der Waals surface area contributed by atoms with E-state index in [1.807, 2.05) is 12.1 Å². The van der Waals surface area contributed by atoms with Crippen molar-refractivity contribution in [3.8, 4) is 6.07 Å². The Morgan fingerprint density at radius 2 is 1.77 bits per heavy atom. The van der Waals surface area contributed by atoms with Gasteiger partial charge in [0, 0.05) is 38.3 Å². The van der Waals surface area contributed by atoms with Crippen LogP contribution in [0.5, 0.6) is 0 Å². The van der Waals surface area contributed by atoms with Gasteiger partial charge in [-0.05, 0) is 18.9 Å². The summed E-state index contributed by atoms with van der Waals surface area (Å²) in [4.78, 5) is 16.7. The minimum Gasteiger partial charge on any atom is -0.337 e. The normalized spacial score (nSPS) is 21.1. The highest BCUT2D eigenvalue weighted by atomic mass is 19.1. The molecule has 0 radical (unpaired) electrons. The third-order valence-electron chi connectivity index (χ3n) is 5.48. The van der Waals surface area contributed by atoms with Gasteiger partial charge < -0.3 is 5.32 Å². The minimum absolute atomic E-state index is 0.0593. The number of nitriles is 1. The zero-order valence-corrected chi connectivity index (χ0v) is 15.2. The third kappa shape index (κ3) is 4.80. The van der Waals surface area contributed by atoms with Crippen molar-refractivity contribution in [3.05, 3.63) is 35.6 Å². The van der Waals surface area contributed by atoms with Crippen molar-refractivity contribution in [1.82, 2.24) is 15.1 Å². The number of nitrogens with one attached hydrogen (secondary N) is 1. The van der Waals surface area contributed by atoms with Gasteiger partial charge in [-0.25, -0.2) is 4.39 Å². The largest absolute Gasteiger partial charge is 0.337 e. The van der Waals surface area contributed by atoms with Crippen molar-refractivity contribution in [2.45, 2.75) is 44.2 Å². The predicted molar refractivity (Wildman–Crippen MR) is 97.7 cm³/mol. The van der Waals surface area contributed by atoms with Crippen LogP contribution in [0.1, 0.15) is 37.7 Å². The lowest BCUT2D eigenvalue weighted by Crippen LogP contribution is -2.54. The molecule has 1 heterocycles. The molecule has 1 aromatic carbocycles. The van der Waals surface area contributed by atoms with E-state index in [4.69, 9.17) is 0 Å². The SMILES string of the molecule is N#CC1(NC(=O)CN2CCN(Cc3ccccc3F)CC2)CCCCC1. The lowest BCUT2D eigenvalue weighted by molar-refractivity contribution is -0.124. The molecule has 1 amide bonds. The van der Waals surface area contributed by atoms with Crippen molar-refractivity contribution in [3.63, 3.8) is 0 Å². The second-order valence-corrected chi connectivity index (χ2v) is 7.45. The Bertz CT molecular complexity index is 658. The molecule has 26 heavy (non-hydrogen) atoms. The van der Waals surface area contributed by atoms with Gasteiger partial charge in [-0.3, -0.25) is 14.6 Å². The standard InChI is InChI=1S/C20H27FN4O/c21-18-7-3-2-6-17(18)14-24-10-12-25(13-11-24)15-19(26)23-20(16-22)8-4-1-5-9-20/h2-3,6-7H,1,4-5,8-15H2,(H,23,26). The Kier molecular flexibility index (Phi) is 6.23. The molecule has 6 heteroatoms. The summed E-state index contributed by atoms with van der Waals surface area (Å²) in [6, 6.07) is 9.20. The minimum atomic E-state index is -0.665. The zero-order chi connectivity index (χ0) is 18.4. The number of nitrogens with zero attached hydrogens (tertiary/aromatic N) is 3. The summed E-state index contributed by atoms with van der Waals surface area (Å²) in [6.07, 6.45) is 4.66. The molecule has 1 saturated heterocycles. The fourth-order valence-corrected chi connectivity index (χ4v) is 3.90. The summed E-state index contributed by atoms with van der Waals surface area (Å²) in [6.45, 7) is 4.11. The van der Waals surface area contributed by atoms with Crippen molar-refractivity contribution in [2.75, 3.05) is 32.7 Å². The van der Waals surface area contributed by atoms with E-state index < -0.39 is 5.54 Å². The van der Waals surface area contributed by atoms with Crippen LogP contribution in [0.25, 0.3) is 0 Å². The molecule has 1 aromatic rings. The Hall–Kier alpha value is -1.97. The number of carbonyl (C=O) groups excluding carboxylic acids is 1. The van der Waals surface area contributed by atoms with Crippen molar-refractivity contribution in [1.29, 1.82) is 5.26 Å². The maximum atomic E-state index is 13.8. The summed E-state index contributed by atoms with van der Waals surface area (Å²) in [5.41, 5.74) is 0.0501. The Morgan fingerprint density at radius 1 is 1.12 bits per heavy atom. The van der Waals surface area contributed by atoms with Crippen molar-refractivity contribution < 1.29 is 9.18 Å². The topological polar surface area (TPSA) is 59.4 Å². The first kappa shape index (κ1) is 18.8. The predicted octanol–water partition coefficient (Wildman–Crippen LogP) is 2.29. The van der Waals surface area contributed by atoms with E-state index in [0.717, 1.165) is 58.3 Å². The van der Waals surface area contributed by atoms with Crippen LogP contribution in [0.2, 0.25) is 0 Å². The van der Waals surface area contributed by atoms with Gasteiger partial charge in [0.05, 0.1) is 12.6 Å². The molecule has 5 nitrogen and oxygen atoms in total. The van der Waals surface area contributed by atoms with E-state index in [-0.39, 0.29) is 11.7 Å². The van der Waals surface area contributed by atoms with E-state index in [2.05, 4.69) is 21.2 Å². The van der Waals surface area contributed by atoms with E-state index in [1.165, 1.54) is 6.07 Å². The number of amides is 1. The molecular weight excluding hydrogens is 331 g/mol. The number of piperazine rings is 1. The monoisotopic (exact) mass is 358 g/mol. The summed E-state index contributed by atoms with van der Waals surface area (Å²) in [5, 5.41) is 12.5. The van der Waals surface area contributed by atoms with Crippen LogP contribution in [0, 0.1) is 17.1 Å². The molecule has 3 rings (SSSR count). The molecule has 1 saturated carbocycles. The molecule has 0 bridgehead atoms. The van der Waals surface area contributed by atoms with Gasteiger partial charge in [-0.15, -0.1) is 0 Å². The zero-order valence-electron chi connectivity index (χ0n) is 15.2. The number of rotatable bonds is 5. The summed E-state index contributed by atoms with van der Waals surface area (Å²) >= 11 is 0. The second-order valence-electron chi connectivity index (χ2n) is 7.45. The van der Waals surface area contributed by atoms with Gasteiger partial charge in [-0.2, -0.15) is 5.26 Å². The molecule has 1 aliphatic heterocycles. The van der Waals surface area contributed by atoms with Crippen LogP contribution in [-0.2, 0) is 11.3 Å². The van der Waals surface area contributed by atoms with Crippen molar-refractivity contribution in [2.24, 2.45) is 0 Å². The number of hydrogen-bond donors (Lipinski definition) is 1. The number of hydrogen-bond acceptors (Lipinski definition) is 4. The van der Waals surface area contributed by atoms with Crippen LogP contribution in [0.15, 0.2) is 24.3 Å². The Labute approximate surface area is 154 Å². The molecule has 0 atom stereocenters. The summed E-state index contributed by atoms with van der Waals surface area (Å²) < 4.78 is 13.8. The molecular formula is C20H27FN4O. The lowest BCUT2D eigenvalue weighted by Gasteiger charge is -2.36. The fraction of sp³-hybridized carbons (Fsp3) is 0.600. The highest BCUT2D eigenvalue weighted by Gasteiger charge is 2.34. The van der Waals surface area contributed by atoms with Crippen molar-refractivity contribution >= 4 is 5.91 Å². The maximum Gasteiger partial charge on any atom is 0.235 e. The average molecular weight is 358 g/mol. The highest BCUT2D eigenvalue weighted by Crippen LogP contribution is 2.27. The molecule has 0 unspecified atom stereocenters. The first-order chi connectivity index (χ1) is 12.6. The molecule has 2 fully saturated rings. The van der Waals surface area contributed by atoms with E-state index in [0.29, 0.717) is 18.7 Å². The van der Waals surface area contributed by atoms with Crippen LogP contribution in [0.3, 0.4) is 0 Å². The molecule has 0 aromatic heterocycles. The Morgan fingerprint density at radius 3 is 2.42 bits per heavy atom. The second kappa shape index (κ2) is 8.61. The van der Waals surface area contributed by atoms with Gasteiger partial charge in [0.15, 0.2) is 0 Å². The van der Waals surface area contributed by atoms with Crippen LogP contribution >= 0.6 is 0 Å². The quantitative estimate of drug-likeness (QED) is 0.877. The van der Waals surface area contributed by atoms with Crippen LogP contribution in [0.4, 0.5) is 4.39 Å². The molecule has 1 aliphatic carbocycles. The Balaban J connectivity index is 1.44. The maximum absolute atomic E-state index is 13.8. The summed E-state index contributed by atoms with van der Waals surface area (Å²) in [5.74, 6) is -0.223. The molecule has 2 aliphatic rings. The summed E-state index contributed by atoms with van der Waals surface area (Å²) in [7, 11) is 0. The number of halogens is 1. The smallest absolute Gasteiger partial charge is 0.235 e.